The lowest BCUT2D eigenvalue weighted by Gasteiger charge is -2.26. The number of halogens is 1. The van der Waals surface area contributed by atoms with Gasteiger partial charge in [-0.15, -0.1) is 0 Å². The molecule has 0 aromatic heterocycles. The zero-order valence-corrected chi connectivity index (χ0v) is 9.97. The average Bonchev–Trinajstić information content (AvgIpc) is 2.71. The van der Waals surface area contributed by atoms with Crippen molar-refractivity contribution >= 4 is 12.2 Å². The van der Waals surface area contributed by atoms with Crippen molar-refractivity contribution in [1.29, 1.82) is 0 Å². The van der Waals surface area contributed by atoms with Crippen LogP contribution in [0.2, 0.25) is 0 Å². The van der Waals surface area contributed by atoms with Gasteiger partial charge < -0.3 is 9.84 Å². The van der Waals surface area contributed by atoms with Gasteiger partial charge in [0, 0.05) is 12.6 Å². The van der Waals surface area contributed by atoms with Crippen LogP contribution >= 0.6 is 0 Å². The van der Waals surface area contributed by atoms with E-state index in [2.05, 4.69) is 4.99 Å². The maximum absolute atomic E-state index is 12.9. The second-order valence-electron chi connectivity index (χ2n) is 4.29. The van der Waals surface area contributed by atoms with Gasteiger partial charge in [-0.1, -0.05) is 12.1 Å². The lowest BCUT2D eigenvalue weighted by Crippen LogP contribution is -2.30. The van der Waals surface area contributed by atoms with Gasteiger partial charge in [-0.2, -0.15) is 0 Å². The minimum atomic E-state index is -0.895. The van der Waals surface area contributed by atoms with E-state index in [0.29, 0.717) is 0 Å². The summed E-state index contributed by atoms with van der Waals surface area (Å²) < 4.78 is 18.6. The molecule has 4 nitrogen and oxygen atoms in total. The average molecular weight is 251 g/mol. The van der Waals surface area contributed by atoms with Crippen LogP contribution in [0.5, 0.6) is 0 Å². The van der Waals surface area contributed by atoms with Crippen molar-refractivity contribution in [2.45, 2.75) is 31.6 Å². The van der Waals surface area contributed by atoms with E-state index < -0.39 is 11.6 Å². The van der Waals surface area contributed by atoms with Gasteiger partial charge in [0.2, 0.25) is 0 Å². The molecular formula is C13H14FNO3. The van der Waals surface area contributed by atoms with Crippen LogP contribution in [0.25, 0.3) is 0 Å². The number of benzene rings is 1. The number of hydrogen-bond donors (Lipinski definition) is 1. The van der Waals surface area contributed by atoms with E-state index in [1.54, 1.807) is 25.3 Å². The monoisotopic (exact) mass is 251 g/mol. The van der Waals surface area contributed by atoms with Crippen molar-refractivity contribution in [3.05, 3.63) is 35.6 Å². The van der Waals surface area contributed by atoms with Gasteiger partial charge in [-0.3, -0.25) is 9.79 Å². The number of carbonyl (C=O) groups is 1. The summed E-state index contributed by atoms with van der Waals surface area (Å²) in [5.41, 5.74) is -0.135. The highest BCUT2D eigenvalue weighted by molar-refractivity contribution is 5.75. The number of rotatable bonds is 4. The Bertz CT molecular complexity index is 472. The SMILES string of the molecule is CC1N=CC(CCC(=O)O)(c2ccc(F)cc2)O1. The topological polar surface area (TPSA) is 58.9 Å². The molecule has 0 bridgehead atoms. The molecule has 0 saturated heterocycles. The van der Waals surface area contributed by atoms with Crippen LogP contribution in [0, 0.1) is 5.82 Å². The molecule has 0 amide bonds. The van der Waals surface area contributed by atoms with Gasteiger partial charge in [-0.05, 0) is 31.0 Å². The van der Waals surface area contributed by atoms with Crippen LogP contribution in [0.3, 0.4) is 0 Å². The Hall–Kier alpha value is -1.75. The molecule has 1 N–H and O–H groups in total. The summed E-state index contributed by atoms with van der Waals surface area (Å²) in [5, 5.41) is 8.79. The Kier molecular flexibility index (Phi) is 3.43. The summed E-state index contributed by atoms with van der Waals surface area (Å²) in [4.78, 5) is 14.8. The van der Waals surface area contributed by atoms with Crippen LogP contribution < -0.4 is 0 Å². The van der Waals surface area contributed by atoms with Crippen LogP contribution in [0.1, 0.15) is 25.3 Å². The van der Waals surface area contributed by atoms with Crippen molar-refractivity contribution < 1.29 is 19.0 Å². The fraction of sp³-hybridized carbons (Fsp3) is 0.385. The van der Waals surface area contributed by atoms with E-state index in [9.17, 15) is 9.18 Å². The van der Waals surface area contributed by atoms with E-state index in [1.165, 1.54) is 12.1 Å². The summed E-state index contributed by atoms with van der Waals surface area (Å²) in [7, 11) is 0. The normalized spacial score (nSPS) is 26.4. The highest BCUT2D eigenvalue weighted by Gasteiger charge is 2.37. The minimum Gasteiger partial charge on any atom is -0.481 e. The molecule has 0 fully saturated rings. The number of aliphatic carboxylic acids is 1. The molecule has 1 aliphatic heterocycles. The summed E-state index contributed by atoms with van der Waals surface area (Å²) >= 11 is 0. The second-order valence-corrected chi connectivity index (χ2v) is 4.29. The van der Waals surface area contributed by atoms with Crippen LogP contribution in [-0.4, -0.2) is 23.5 Å². The molecule has 1 aliphatic rings. The van der Waals surface area contributed by atoms with Crippen molar-refractivity contribution in [3.8, 4) is 0 Å². The molecule has 0 aliphatic carbocycles. The Morgan fingerprint density at radius 3 is 2.67 bits per heavy atom. The van der Waals surface area contributed by atoms with Gasteiger partial charge >= 0.3 is 5.97 Å². The molecule has 1 heterocycles. The number of carboxylic acid groups (broad SMARTS) is 1. The first-order chi connectivity index (χ1) is 8.52. The molecule has 2 rings (SSSR count). The zero-order chi connectivity index (χ0) is 13.2. The summed E-state index contributed by atoms with van der Waals surface area (Å²) in [6.07, 6.45) is 1.55. The summed E-state index contributed by atoms with van der Waals surface area (Å²) in [6.45, 7) is 1.78. The smallest absolute Gasteiger partial charge is 0.303 e. The molecule has 5 heteroatoms. The fourth-order valence-electron chi connectivity index (χ4n) is 2.03. The molecule has 96 valence electrons. The first-order valence-electron chi connectivity index (χ1n) is 5.72. The minimum absolute atomic E-state index is 0.0316. The molecule has 0 radical (unpaired) electrons. The zero-order valence-electron chi connectivity index (χ0n) is 9.97. The predicted octanol–water partition coefficient (Wildman–Crippen LogP) is 2.33. The highest BCUT2D eigenvalue weighted by atomic mass is 19.1. The number of ether oxygens (including phenoxy) is 1. The quantitative estimate of drug-likeness (QED) is 0.893. The number of nitrogens with zero attached hydrogens (tertiary/aromatic N) is 1. The number of aliphatic imine (C=N–C) groups is 1. The van der Waals surface area contributed by atoms with E-state index >= 15 is 0 Å². The highest BCUT2D eigenvalue weighted by Crippen LogP contribution is 2.34. The van der Waals surface area contributed by atoms with Crippen molar-refractivity contribution in [2.75, 3.05) is 0 Å². The van der Waals surface area contributed by atoms with E-state index in [-0.39, 0.29) is 24.9 Å². The first-order valence-corrected chi connectivity index (χ1v) is 5.72. The van der Waals surface area contributed by atoms with E-state index in [1.807, 2.05) is 0 Å². The number of hydrogen-bond acceptors (Lipinski definition) is 3. The molecule has 1 aromatic carbocycles. The van der Waals surface area contributed by atoms with Crippen LogP contribution in [0.4, 0.5) is 4.39 Å². The maximum atomic E-state index is 12.9. The largest absolute Gasteiger partial charge is 0.481 e. The van der Waals surface area contributed by atoms with Gasteiger partial charge in [0.25, 0.3) is 0 Å². The van der Waals surface area contributed by atoms with Crippen molar-refractivity contribution in [2.24, 2.45) is 4.99 Å². The molecule has 2 unspecified atom stereocenters. The standard InChI is InChI=1S/C13H14FNO3/c1-9-15-8-13(18-9,7-6-12(16)17)10-2-4-11(14)5-3-10/h2-5,8-9H,6-7H2,1H3,(H,16,17). The number of carboxylic acids is 1. The van der Waals surface area contributed by atoms with Gasteiger partial charge in [0.15, 0.2) is 0 Å². The van der Waals surface area contributed by atoms with E-state index in [0.717, 1.165) is 5.56 Å². The lowest BCUT2D eigenvalue weighted by molar-refractivity contribution is -0.138. The predicted molar refractivity (Wildman–Crippen MR) is 64.0 cm³/mol. The first kappa shape index (κ1) is 12.7. The van der Waals surface area contributed by atoms with Gasteiger partial charge in [0.05, 0.1) is 0 Å². The Balaban J connectivity index is 2.28. The lowest BCUT2D eigenvalue weighted by atomic mass is 9.90. The third kappa shape index (κ3) is 2.56. The molecule has 2 atom stereocenters. The second kappa shape index (κ2) is 4.86. The van der Waals surface area contributed by atoms with Crippen molar-refractivity contribution in [3.63, 3.8) is 0 Å². The molecular weight excluding hydrogens is 237 g/mol. The third-order valence-electron chi connectivity index (χ3n) is 2.92. The molecule has 0 saturated carbocycles. The summed E-state index contributed by atoms with van der Waals surface area (Å²) in [5.74, 6) is -1.23. The van der Waals surface area contributed by atoms with Crippen molar-refractivity contribution in [1.82, 2.24) is 0 Å². The Morgan fingerprint density at radius 2 is 2.17 bits per heavy atom. The Labute approximate surface area is 104 Å². The fourth-order valence-corrected chi connectivity index (χ4v) is 2.03. The molecule has 18 heavy (non-hydrogen) atoms. The molecule has 1 aromatic rings. The Morgan fingerprint density at radius 1 is 1.50 bits per heavy atom. The third-order valence-corrected chi connectivity index (χ3v) is 2.92. The van der Waals surface area contributed by atoms with Crippen LogP contribution in [-0.2, 0) is 15.1 Å². The van der Waals surface area contributed by atoms with E-state index in [4.69, 9.17) is 9.84 Å². The summed E-state index contributed by atoms with van der Waals surface area (Å²) in [6, 6.07) is 5.86. The molecule has 0 spiro atoms. The van der Waals surface area contributed by atoms with Gasteiger partial charge in [0.1, 0.15) is 17.6 Å². The van der Waals surface area contributed by atoms with Crippen LogP contribution in [0.15, 0.2) is 29.3 Å². The maximum Gasteiger partial charge on any atom is 0.303 e. The van der Waals surface area contributed by atoms with Gasteiger partial charge in [-0.25, -0.2) is 4.39 Å².